The van der Waals surface area contributed by atoms with Crippen molar-refractivity contribution < 1.29 is 23.9 Å². The maximum Gasteiger partial charge on any atom is 0.355 e. The fraction of sp³-hybridized carbons (Fsp3) is 0.194. The van der Waals surface area contributed by atoms with E-state index < -0.39 is 5.97 Å². The second-order valence-electron chi connectivity index (χ2n) is 9.59. The van der Waals surface area contributed by atoms with Crippen LogP contribution in [0.25, 0.3) is 21.8 Å². The molecular formula is C31H26ClN3O5. The minimum absolute atomic E-state index is 0.127. The molecule has 0 spiro atoms. The summed E-state index contributed by atoms with van der Waals surface area (Å²) >= 11 is 6.44. The van der Waals surface area contributed by atoms with Gasteiger partial charge in [-0.05, 0) is 67.1 Å². The fourth-order valence-electron chi connectivity index (χ4n) is 5.47. The van der Waals surface area contributed by atoms with Crippen molar-refractivity contribution in [1.29, 1.82) is 0 Å². The third kappa shape index (κ3) is 4.12. The van der Waals surface area contributed by atoms with Crippen molar-refractivity contribution in [3.63, 3.8) is 0 Å². The molecule has 1 aliphatic heterocycles. The first-order valence-electron chi connectivity index (χ1n) is 12.9. The zero-order valence-electron chi connectivity index (χ0n) is 21.9. The van der Waals surface area contributed by atoms with Crippen LogP contribution >= 0.6 is 11.6 Å². The Morgan fingerprint density at radius 3 is 2.52 bits per heavy atom. The number of benzene rings is 3. The number of methoxy groups -OCH3 is 1. The molecule has 1 unspecified atom stereocenters. The highest BCUT2D eigenvalue weighted by atomic mass is 35.5. The Bertz CT molecular complexity index is 1790. The Labute approximate surface area is 235 Å². The van der Waals surface area contributed by atoms with Gasteiger partial charge in [-0.1, -0.05) is 18.2 Å². The summed E-state index contributed by atoms with van der Waals surface area (Å²) in [5.41, 5.74) is 3.90. The zero-order valence-corrected chi connectivity index (χ0v) is 22.7. The number of fused-ring (bicyclic) bond motifs is 4. The number of anilines is 1. The van der Waals surface area contributed by atoms with Gasteiger partial charge in [-0.3, -0.25) is 14.2 Å². The Kier molecular flexibility index (Phi) is 6.56. The average Bonchev–Trinajstić information content (AvgIpc) is 3.69. The summed E-state index contributed by atoms with van der Waals surface area (Å²) in [7, 11) is 1.60. The van der Waals surface area contributed by atoms with E-state index in [1.54, 1.807) is 61.4 Å². The minimum Gasteiger partial charge on any atom is -0.497 e. The van der Waals surface area contributed by atoms with Crippen LogP contribution in [0.1, 0.15) is 49.7 Å². The standard InChI is InChI=1S/C31H26ClN3O5/c1-3-40-31(38)27-15-22-25(35(27)29(36)18-7-5-4-6-8-18)11-12-26-28(22)20(16-32)17-34(26)30(37)24-14-19-13-21(39-2)9-10-23(19)33-24/h4-15,20,33H,3,16-17H2,1-2H3. The third-order valence-corrected chi connectivity index (χ3v) is 7.68. The van der Waals surface area contributed by atoms with Gasteiger partial charge >= 0.3 is 5.97 Å². The third-order valence-electron chi connectivity index (χ3n) is 7.30. The first-order valence-corrected chi connectivity index (χ1v) is 13.5. The molecule has 0 aliphatic carbocycles. The molecule has 0 bridgehead atoms. The van der Waals surface area contributed by atoms with Crippen LogP contribution in [-0.2, 0) is 4.74 Å². The van der Waals surface area contributed by atoms with E-state index >= 15 is 0 Å². The van der Waals surface area contributed by atoms with Gasteiger partial charge in [0, 0.05) is 45.9 Å². The molecule has 202 valence electrons. The Hall–Kier alpha value is -4.56. The van der Waals surface area contributed by atoms with Crippen molar-refractivity contribution in [3.8, 4) is 5.75 Å². The molecule has 1 N–H and O–H groups in total. The number of carbonyl (C=O) groups is 3. The highest BCUT2D eigenvalue weighted by Crippen LogP contribution is 2.43. The maximum absolute atomic E-state index is 13.8. The van der Waals surface area contributed by atoms with Gasteiger partial charge in [0.2, 0.25) is 0 Å². The van der Waals surface area contributed by atoms with Crippen LogP contribution in [0.4, 0.5) is 5.69 Å². The largest absolute Gasteiger partial charge is 0.497 e. The lowest BCUT2D eigenvalue weighted by molar-refractivity contribution is 0.0510. The fourth-order valence-corrected chi connectivity index (χ4v) is 5.72. The summed E-state index contributed by atoms with van der Waals surface area (Å²) in [5, 5.41) is 1.55. The molecule has 8 nitrogen and oxygen atoms in total. The van der Waals surface area contributed by atoms with Crippen LogP contribution in [0.2, 0.25) is 0 Å². The monoisotopic (exact) mass is 555 g/mol. The number of nitrogens with one attached hydrogen (secondary N) is 1. The van der Waals surface area contributed by atoms with E-state index in [1.807, 2.05) is 30.3 Å². The molecule has 1 amide bonds. The predicted octanol–water partition coefficient (Wildman–Crippen LogP) is 5.98. The van der Waals surface area contributed by atoms with Gasteiger partial charge in [-0.2, -0.15) is 0 Å². The van der Waals surface area contributed by atoms with Gasteiger partial charge in [-0.15, -0.1) is 11.6 Å². The topological polar surface area (TPSA) is 93.6 Å². The van der Waals surface area contributed by atoms with E-state index in [4.69, 9.17) is 21.1 Å². The number of H-pyrrole nitrogens is 1. The van der Waals surface area contributed by atoms with Crippen LogP contribution in [0.5, 0.6) is 5.75 Å². The molecule has 6 rings (SSSR count). The number of alkyl halides is 1. The van der Waals surface area contributed by atoms with Crippen molar-refractivity contribution in [3.05, 3.63) is 95.3 Å². The lowest BCUT2D eigenvalue weighted by atomic mass is 9.99. The van der Waals surface area contributed by atoms with Gasteiger partial charge in [0.25, 0.3) is 11.8 Å². The Balaban J connectivity index is 1.48. The van der Waals surface area contributed by atoms with Gasteiger partial charge in [-0.25, -0.2) is 4.79 Å². The molecule has 0 saturated carbocycles. The smallest absolute Gasteiger partial charge is 0.355 e. The van der Waals surface area contributed by atoms with E-state index in [0.717, 1.165) is 16.5 Å². The highest BCUT2D eigenvalue weighted by Gasteiger charge is 2.36. The van der Waals surface area contributed by atoms with Gasteiger partial charge in [0.15, 0.2) is 0 Å². The first kappa shape index (κ1) is 25.7. The summed E-state index contributed by atoms with van der Waals surface area (Å²) in [4.78, 5) is 45.3. The number of amides is 1. The molecule has 0 fully saturated rings. The van der Waals surface area contributed by atoms with E-state index in [9.17, 15) is 14.4 Å². The number of esters is 1. The number of aromatic nitrogens is 2. The number of hydrogen-bond donors (Lipinski definition) is 1. The number of aromatic amines is 1. The lowest BCUT2D eigenvalue weighted by Crippen LogP contribution is -2.30. The van der Waals surface area contributed by atoms with Gasteiger partial charge < -0.3 is 19.4 Å². The summed E-state index contributed by atoms with van der Waals surface area (Å²) in [5.74, 6) is -0.389. The SMILES string of the molecule is CCOC(=O)c1cc2c3c(ccc2n1C(=O)c1ccccc1)N(C(=O)c1cc2cc(OC)ccc2[nH]1)CC3CCl. The molecule has 0 saturated heterocycles. The second-order valence-corrected chi connectivity index (χ2v) is 9.90. The maximum atomic E-state index is 13.8. The van der Waals surface area contributed by atoms with E-state index in [1.165, 1.54) is 4.57 Å². The number of nitrogens with zero attached hydrogens (tertiary/aromatic N) is 2. The van der Waals surface area contributed by atoms with Crippen molar-refractivity contribution in [2.24, 2.45) is 0 Å². The number of hydrogen-bond acceptors (Lipinski definition) is 5. The molecule has 1 atom stereocenters. The van der Waals surface area contributed by atoms with E-state index in [-0.39, 0.29) is 35.9 Å². The highest BCUT2D eigenvalue weighted by molar-refractivity contribution is 6.19. The Morgan fingerprint density at radius 2 is 1.80 bits per heavy atom. The number of rotatable bonds is 6. The van der Waals surface area contributed by atoms with E-state index in [0.29, 0.717) is 40.1 Å². The van der Waals surface area contributed by atoms with Crippen LogP contribution in [0, 0.1) is 0 Å². The molecule has 2 aromatic heterocycles. The quantitative estimate of drug-likeness (QED) is 0.205. The van der Waals surface area contributed by atoms with Crippen molar-refractivity contribution >= 4 is 56.9 Å². The minimum atomic E-state index is -0.599. The summed E-state index contributed by atoms with van der Waals surface area (Å²) in [6.45, 7) is 2.25. The summed E-state index contributed by atoms with van der Waals surface area (Å²) in [6.07, 6.45) is 0. The molecule has 40 heavy (non-hydrogen) atoms. The van der Waals surface area contributed by atoms with Crippen molar-refractivity contribution in [1.82, 2.24) is 9.55 Å². The number of halogens is 1. The van der Waals surface area contributed by atoms with Gasteiger partial charge in [0.05, 0.1) is 19.2 Å². The summed E-state index contributed by atoms with van der Waals surface area (Å²) < 4.78 is 12.0. The van der Waals surface area contributed by atoms with Crippen LogP contribution in [-0.4, -0.2) is 53.5 Å². The van der Waals surface area contributed by atoms with Crippen molar-refractivity contribution in [2.45, 2.75) is 12.8 Å². The number of carbonyl (C=O) groups excluding carboxylic acids is 3. The average molecular weight is 556 g/mol. The molecule has 3 aromatic carbocycles. The molecule has 5 aromatic rings. The molecule has 3 heterocycles. The second kappa shape index (κ2) is 10.2. The zero-order chi connectivity index (χ0) is 28.0. The molecular weight excluding hydrogens is 530 g/mol. The lowest BCUT2D eigenvalue weighted by Gasteiger charge is -2.17. The predicted molar refractivity (Wildman–Crippen MR) is 154 cm³/mol. The van der Waals surface area contributed by atoms with Gasteiger partial charge in [0.1, 0.15) is 17.1 Å². The van der Waals surface area contributed by atoms with Crippen molar-refractivity contribution in [2.75, 3.05) is 31.0 Å². The normalized spacial score (nSPS) is 14.5. The first-order chi connectivity index (χ1) is 19.4. The van der Waals surface area contributed by atoms with Crippen LogP contribution in [0.15, 0.2) is 72.8 Å². The Morgan fingerprint density at radius 1 is 1.00 bits per heavy atom. The summed E-state index contributed by atoms with van der Waals surface area (Å²) in [6, 6.07) is 21.4. The molecule has 1 aliphatic rings. The van der Waals surface area contributed by atoms with E-state index in [2.05, 4.69) is 4.98 Å². The molecule has 0 radical (unpaired) electrons. The number of ether oxygens (including phenoxy) is 2. The van der Waals surface area contributed by atoms with Crippen LogP contribution in [0.3, 0.4) is 0 Å². The van der Waals surface area contributed by atoms with Crippen LogP contribution < -0.4 is 9.64 Å². The molecule has 9 heteroatoms.